The molecular weight excluding hydrogens is 380 g/mol. The topological polar surface area (TPSA) is 108 Å². The number of ether oxygens (including phenoxy) is 1. The van der Waals surface area contributed by atoms with Crippen LogP contribution in [0, 0.1) is 11.3 Å². The Balaban J connectivity index is 1.87. The highest BCUT2D eigenvalue weighted by atomic mass is 16.5. The van der Waals surface area contributed by atoms with E-state index in [0.29, 0.717) is 11.3 Å². The molecule has 30 heavy (non-hydrogen) atoms. The van der Waals surface area contributed by atoms with Gasteiger partial charge in [-0.05, 0) is 35.4 Å². The van der Waals surface area contributed by atoms with Crippen LogP contribution in [0.2, 0.25) is 0 Å². The summed E-state index contributed by atoms with van der Waals surface area (Å²) in [5.41, 5.74) is 2.23. The maximum Gasteiger partial charge on any atom is 0.273 e. The van der Waals surface area contributed by atoms with Gasteiger partial charge in [-0.25, -0.2) is 4.98 Å². The number of hydrogen-bond donors (Lipinski definition) is 2. The molecule has 2 heterocycles. The van der Waals surface area contributed by atoms with Crippen LogP contribution in [0.1, 0.15) is 16.1 Å². The van der Waals surface area contributed by atoms with Crippen molar-refractivity contribution in [3.05, 3.63) is 88.3 Å². The molecule has 0 atom stereocenters. The first-order valence-corrected chi connectivity index (χ1v) is 9.08. The highest BCUT2D eigenvalue weighted by molar-refractivity contribution is 6.05. The van der Waals surface area contributed by atoms with Crippen LogP contribution in [0.25, 0.3) is 22.0 Å². The second kappa shape index (κ2) is 7.89. The van der Waals surface area contributed by atoms with Crippen molar-refractivity contribution in [1.82, 2.24) is 9.97 Å². The normalized spacial score (nSPS) is 10.4. The van der Waals surface area contributed by atoms with E-state index in [1.54, 1.807) is 12.1 Å². The van der Waals surface area contributed by atoms with Crippen LogP contribution in [-0.4, -0.2) is 23.0 Å². The van der Waals surface area contributed by atoms with Crippen molar-refractivity contribution < 1.29 is 9.53 Å². The maximum absolute atomic E-state index is 12.6. The molecule has 0 aliphatic heterocycles. The Morgan fingerprint density at radius 3 is 2.60 bits per heavy atom. The molecule has 7 heteroatoms. The molecule has 2 aromatic heterocycles. The number of aromatic nitrogens is 2. The Morgan fingerprint density at radius 1 is 1.10 bits per heavy atom. The number of amides is 1. The number of hydrogen-bond acceptors (Lipinski definition) is 5. The summed E-state index contributed by atoms with van der Waals surface area (Å²) in [5.74, 6) is 0.0234. The van der Waals surface area contributed by atoms with Crippen LogP contribution >= 0.6 is 0 Å². The van der Waals surface area contributed by atoms with Crippen LogP contribution in [-0.2, 0) is 0 Å². The fourth-order valence-corrected chi connectivity index (χ4v) is 3.20. The number of pyridine rings is 2. The fourth-order valence-electron chi connectivity index (χ4n) is 3.20. The SMILES string of the molecule is COc1ccc(-c2ccccc2)c2cc(C#N)c(NC(=O)c3cccc(=O)[nH]3)nc12. The van der Waals surface area contributed by atoms with Gasteiger partial charge in [-0.3, -0.25) is 9.59 Å². The lowest BCUT2D eigenvalue weighted by Crippen LogP contribution is -2.19. The molecule has 0 unspecified atom stereocenters. The number of carbonyl (C=O) groups excluding carboxylic acids is 1. The zero-order chi connectivity index (χ0) is 21.1. The van der Waals surface area contributed by atoms with E-state index in [2.05, 4.69) is 21.4 Å². The summed E-state index contributed by atoms with van der Waals surface area (Å²) in [7, 11) is 1.53. The van der Waals surface area contributed by atoms with Crippen molar-refractivity contribution in [2.24, 2.45) is 0 Å². The number of rotatable bonds is 4. The molecule has 4 aromatic rings. The molecule has 2 N–H and O–H groups in total. The number of carbonyl (C=O) groups is 1. The standard InChI is InChI=1S/C23H16N4O3/c1-30-19-11-10-16(14-6-3-2-4-7-14)17-12-15(13-24)22(26-21(17)19)27-23(29)18-8-5-9-20(28)25-18/h2-12H,1H3,(H,25,28)(H,26,27,29). The number of methoxy groups -OCH3 is 1. The van der Waals surface area contributed by atoms with Gasteiger partial charge in [-0.2, -0.15) is 5.26 Å². The minimum atomic E-state index is -0.575. The van der Waals surface area contributed by atoms with E-state index in [0.717, 1.165) is 16.5 Å². The molecule has 0 radical (unpaired) electrons. The zero-order valence-electron chi connectivity index (χ0n) is 16.0. The lowest BCUT2D eigenvalue weighted by molar-refractivity contribution is 0.102. The summed E-state index contributed by atoms with van der Waals surface area (Å²) in [6.45, 7) is 0. The predicted octanol–water partition coefficient (Wildman–Crippen LogP) is 3.72. The molecule has 0 saturated carbocycles. The van der Waals surface area contributed by atoms with Crippen LogP contribution in [0.15, 0.2) is 71.5 Å². The van der Waals surface area contributed by atoms with Crippen molar-refractivity contribution in [2.45, 2.75) is 0 Å². The van der Waals surface area contributed by atoms with Gasteiger partial charge in [-0.1, -0.05) is 36.4 Å². The van der Waals surface area contributed by atoms with E-state index in [1.165, 1.54) is 25.3 Å². The number of anilines is 1. The number of aromatic amines is 1. The Hall–Kier alpha value is -4.44. The first-order chi connectivity index (χ1) is 14.6. The summed E-state index contributed by atoms with van der Waals surface area (Å²) < 4.78 is 5.45. The number of benzene rings is 2. The van der Waals surface area contributed by atoms with Crippen molar-refractivity contribution in [2.75, 3.05) is 12.4 Å². The highest BCUT2D eigenvalue weighted by Gasteiger charge is 2.17. The number of nitriles is 1. The number of fused-ring (bicyclic) bond motifs is 1. The second-order valence-corrected chi connectivity index (χ2v) is 6.46. The molecule has 0 saturated heterocycles. The minimum Gasteiger partial charge on any atom is -0.494 e. The largest absolute Gasteiger partial charge is 0.494 e. The minimum absolute atomic E-state index is 0.0679. The number of nitrogens with one attached hydrogen (secondary N) is 2. The smallest absolute Gasteiger partial charge is 0.273 e. The fraction of sp³-hybridized carbons (Fsp3) is 0.0435. The van der Waals surface area contributed by atoms with Crippen LogP contribution in [0.3, 0.4) is 0 Å². The first kappa shape index (κ1) is 18.9. The average Bonchev–Trinajstić information content (AvgIpc) is 2.78. The molecule has 1 amide bonds. The predicted molar refractivity (Wildman–Crippen MR) is 113 cm³/mol. The van der Waals surface area contributed by atoms with Gasteiger partial charge in [0.15, 0.2) is 5.82 Å². The maximum atomic E-state index is 12.6. The number of H-pyrrole nitrogens is 1. The third-order valence-electron chi connectivity index (χ3n) is 4.62. The van der Waals surface area contributed by atoms with Gasteiger partial charge in [0.1, 0.15) is 23.0 Å². The third kappa shape index (κ3) is 3.50. The van der Waals surface area contributed by atoms with Crippen LogP contribution in [0.5, 0.6) is 5.75 Å². The highest BCUT2D eigenvalue weighted by Crippen LogP contribution is 2.35. The van der Waals surface area contributed by atoms with Gasteiger partial charge < -0.3 is 15.0 Å². The average molecular weight is 396 g/mol. The van der Waals surface area contributed by atoms with Crippen molar-refractivity contribution in [3.63, 3.8) is 0 Å². The molecule has 0 fully saturated rings. The van der Waals surface area contributed by atoms with E-state index in [1.807, 2.05) is 36.4 Å². The van der Waals surface area contributed by atoms with Crippen LogP contribution < -0.4 is 15.6 Å². The van der Waals surface area contributed by atoms with Crippen molar-refractivity contribution >= 4 is 22.6 Å². The molecule has 0 aliphatic carbocycles. The lowest BCUT2D eigenvalue weighted by atomic mass is 9.99. The van der Waals surface area contributed by atoms with E-state index < -0.39 is 11.5 Å². The Bertz CT molecular complexity index is 1350. The Kier molecular flexibility index (Phi) is 4.97. The van der Waals surface area contributed by atoms with E-state index in [-0.39, 0.29) is 17.1 Å². The van der Waals surface area contributed by atoms with E-state index in [9.17, 15) is 14.9 Å². The lowest BCUT2D eigenvalue weighted by Gasteiger charge is -2.13. The van der Waals surface area contributed by atoms with Gasteiger partial charge in [0.25, 0.3) is 5.91 Å². The van der Waals surface area contributed by atoms with Gasteiger partial charge in [0.05, 0.1) is 12.7 Å². The van der Waals surface area contributed by atoms with E-state index in [4.69, 9.17) is 4.74 Å². The summed E-state index contributed by atoms with van der Waals surface area (Å²) in [4.78, 5) is 31.0. The molecular formula is C23H16N4O3. The van der Waals surface area contributed by atoms with Crippen molar-refractivity contribution in [1.29, 1.82) is 5.26 Å². The summed E-state index contributed by atoms with van der Waals surface area (Å²) in [5, 5.41) is 13.0. The molecule has 0 bridgehead atoms. The molecule has 7 nitrogen and oxygen atoms in total. The monoisotopic (exact) mass is 396 g/mol. The second-order valence-electron chi connectivity index (χ2n) is 6.46. The molecule has 146 valence electrons. The Morgan fingerprint density at radius 2 is 1.90 bits per heavy atom. The van der Waals surface area contributed by atoms with Gasteiger partial charge in [0.2, 0.25) is 5.56 Å². The van der Waals surface area contributed by atoms with Crippen LogP contribution in [0.4, 0.5) is 5.82 Å². The summed E-state index contributed by atoms with van der Waals surface area (Å²) in [6.07, 6.45) is 0. The first-order valence-electron chi connectivity index (χ1n) is 9.08. The molecule has 0 spiro atoms. The molecule has 0 aliphatic rings. The third-order valence-corrected chi connectivity index (χ3v) is 4.62. The van der Waals surface area contributed by atoms with Gasteiger partial charge in [0, 0.05) is 11.5 Å². The van der Waals surface area contributed by atoms with Gasteiger partial charge in [-0.15, -0.1) is 0 Å². The quantitative estimate of drug-likeness (QED) is 0.547. The zero-order valence-corrected chi connectivity index (χ0v) is 16.0. The summed E-state index contributed by atoms with van der Waals surface area (Å²) in [6, 6.07) is 21.4. The van der Waals surface area contributed by atoms with Gasteiger partial charge >= 0.3 is 0 Å². The van der Waals surface area contributed by atoms with Crippen molar-refractivity contribution in [3.8, 4) is 22.9 Å². The summed E-state index contributed by atoms with van der Waals surface area (Å²) >= 11 is 0. The number of nitrogens with zero attached hydrogens (tertiary/aromatic N) is 2. The Labute approximate surface area is 171 Å². The van der Waals surface area contributed by atoms with E-state index >= 15 is 0 Å². The molecule has 2 aromatic carbocycles. The molecule has 4 rings (SSSR count).